The number of nitrogens with zero attached hydrogens (tertiary/aromatic N) is 6. The molecule has 22 heavy (non-hydrogen) atoms. The largest absolute Gasteiger partial charge is 0.368 e. The molecule has 4 rings (SSSR count). The summed E-state index contributed by atoms with van der Waals surface area (Å²) in [6, 6.07) is 7.74. The Bertz CT molecular complexity index is 929. The van der Waals surface area contributed by atoms with E-state index in [2.05, 4.69) is 25.3 Å². The van der Waals surface area contributed by atoms with Crippen LogP contribution in [0.15, 0.2) is 42.0 Å². The van der Waals surface area contributed by atoms with Gasteiger partial charge in [0.05, 0.1) is 18.4 Å². The molecule has 0 saturated heterocycles. The van der Waals surface area contributed by atoms with E-state index in [1.165, 1.54) is 11.3 Å². The Morgan fingerprint density at radius 2 is 2.14 bits per heavy atom. The van der Waals surface area contributed by atoms with Gasteiger partial charge in [0.2, 0.25) is 5.95 Å². The lowest BCUT2D eigenvalue weighted by Gasteiger charge is -2.00. The maximum atomic E-state index is 5.77. The molecule has 0 spiro atoms. The van der Waals surface area contributed by atoms with Crippen LogP contribution in [0.4, 0.5) is 5.95 Å². The van der Waals surface area contributed by atoms with Crippen LogP contribution < -0.4 is 5.73 Å². The van der Waals surface area contributed by atoms with Crippen molar-refractivity contribution in [1.82, 2.24) is 29.9 Å². The van der Waals surface area contributed by atoms with Crippen LogP contribution in [-0.4, -0.2) is 29.9 Å². The highest BCUT2D eigenvalue weighted by Gasteiger charge is 2.13. The molecule has 0 aliphatic carbocycles. The van der Waals surface area contributed by atoms with Gasteiger partial charge < -0.3 is 5.73 Å². The highest BCUT2D eigenvalue weighted by atomic mass is 32.1. The van der Waals surface area contributed by atoms with E-state index in [0.717, 1.165) is 15.9 Å². The van der Waals surface area contributed by atoms with Crippen molar-refractivity contribution < 1.29 is 0 Å². The molecule has 2 N–H and O–H groups in total. The van der Waals surface area contributed by atoms with E-state index in [-0.39, 0.29) is 5.95 Å². The second kappa shape index (κ2) is 5.15. The average molecular weight is 309 g/mol. The number of hydrogen-bond donors (Lipinski definition) is 1. The zero-order valence-corrected chi connectivity index (χ0v) is 12.2. The molecular weight excluding hydrogens is 298 g/mol. The maximum absolute atomic E-state index is 5.77. The Kier molecular flexibility index (Phi) is 3.01. The molecule has 0 aromatic carbocycles. The fourth-order valence-corrected chi connectivity index (χ4v) is 2.98. The number of hydrogen-bond acceptors (Lipinski definition) is 7. The third-order valence-electron chi connectivity index (χ3n) is 3.17. The van der Waals surface area contributed by atoms with Crippen LogP contribution in [0.5, 0.6) is 0 Å². The number of anilines is 1. The fourth-order valence-electron chi connectivity index (χ4n) is 2.21. The number of rotatable bonds is 3. The number of fused-ring (bicyclic) bond motifs is 1. The lowest BCUT2D eigenvalue weighted by molar-refractivity contribution is 0.639. The molecule has 0 saturated carbocycles. The van der Waals surface area contributed by atoms with Gasteiger partial charge in [-0.1, -0.05) is 11.3 Å². The average Bonchev–Trinajstić information content (AvgIpc) is 3.16. The Morgan fingerprint density at radius 1 is 1.18 bits per heavy atom. The molecule has 0 amide bonds. The Hall–Kier alpha value is -2.87. The van der Waals surface area contributed by atoms with Gasteiger partial charge in [-0.2, -0.15) is 0 Å². The van der Waals surface area contributed by atoms with Gasteiger partial charge in [0, 0.05) is 11.6 Å². The van der Waals surface area contributed by atoms with E-state index in [0.29, 0.717) is 17.9 Å². The lowest BCUT2D eigenvalue weighted by atomic mass is 10.2. The number of nitrogen functional groups attached to an aromatic ring is 1. The quantitative estimate of drug-likeness (QED) is 0.621. The second-order valence-electron chi connectivity index (χ2n) is 4.69. The van der Waals surface area contributed by atoms with Crippen molar-refractivity contribution >= 4 is 27.5 Å². The first-order valence-corrected chi connectivity index (χ1v) is 7.49. The SMILES string of the molecule is Nc1nc(-c2cn(Cc3ccccn3)nn2)c2ccsc2n1. The van der Waals surface area contributed by atoms with E-state index < -0.39 is 0 Å². The molecule has 0 atom stereocenters. The van der Waals surface area contributed by atoms with Gasteiger partial charge in [-0.15, -0.1) is 16.4 Å². The minimum absolute atomic E-state index is 0.240. The topological polar surface area (TPSA) is 95.4 Å². The molecule has 0 aliphatic rings. The number of aromatic nitrogens is 6. The molecule has 0 bridgehead atoms. The highest BCUT2D eigenvalue weighted by molar-refractivity contribution is 7.16. The second-order valence-corrected chi connectivity index (χ2v) is 5.59. The molecular formula is C14H11N7S. The van der Waals surface area contributed by atoms with Crippen molar-refractivity contribution in [2.45, 2.75) is 6.54 Å². The van der Waals surface area contributed by atoms with Crippen molar-refractivity contribution in [3.63, 3.8) is 0 Å². The molecule has 4 aromatic heterocycles. The Morgan fingerprint density at radius 3 is 3.00 bits per heavy atom. The molecule has 0 radical (unpaired) electrons. The summed E-state index contributed by atoms with van der Waals surface area (Å²) in [5, 5.41) is 11.2. The van der Waals surface area contributed by atoms with E-state index in [1.807, 2.05) is 35.8 Å². The number of pyridine rings is 1. The monoisotopic (exact) mass is 309 g/mol. The summed E-state index contributed by atoms with van der Waals surface area (Å²) >= 11 is 1.52. The first-order chi connectivity index (χ1) is 10.8. The van der Waals surface area contributed by atoms with Crippen molar-refractivity contribution in [1.29, 1.82) is 0 Å². The van der Waals surface area contributed by atoms with E-state index in [4.69, 9.17) is 5.73 Å². The van der Waals surface area contributed by atoms with Gasteiger partial charge in [0.1, 0.15) is 16.2 Å². The molecule has 0 fully saturated rings. The predicted molar refractivity (Wildman–Crippen MR) is 84.2 cm³/mol. The van der Waals surface area contributed by atoms with Crippen molar-refractivity contribution in [3.05, 3.63) is 47.7 Å². The van der Waals surface area contributed by atoms with Gasteiger partial charge in [0.15, 0.2) is 0 Å². The van der Waals surface area contributed by atoms with E-state index in [1.54, 1.807) is 10.9 Å². The first-order valence-electron chi connectivity index (χ1n) is 6.61. The minimum atomic E-state index is 0.240. The van der Waals surface area contributed by atoms with Crippen LogP contribution >= 0.6 is 11.3 Å². The Balaban J connectivity index is 1.72. The third kappa shape index (κ3) is 2.29. The molecule has 4 heterocycles. The van der Waals surface area contributed by atoms with E-state index >= 15 is 0 Å². The molecule has 7 nitrogen and oxygen atoms in total. The molecule has 0 unspecified atom stereocenters. The number of nitrogens with two attached hydrogens (primary N) is 1. The standard InChI is InChI=1S/C14H11N7S/c15-14-17-12(10-4-6-22-13(10)18-14)11-8-21(20-19-11)7-9-3-1-2-5-16-9/h1-6,8H,7H2,(H2,15,17,18). The van der Waals surface area contributed by atoms with Crippen LogP contribution in [0.3, 0.4) is 0 Å². The fraction of sp³-hybridized carbons (Fsp3) is 0.0714. The molecule has 108 valence electrons. The van der Waals surface area contributed by atoms with Crippen LogP contribution in [-0.2, 0) is 6.54 Å². The normalized spacial score (nSPS) is 11.1. The molecule has 4 aromatic rings. The van der Waals surface area contributed by atoms with Gasteiger partial charge in [-0.3, -0.25) is 4.98 Å². The maximum Gasteiger partial charge on any atom is 0.222 e. The van der Waals surface area contributed by atoms with Gasteiger partial charge in [-0.25, -0.2) is 14.6 Å². The van der Waals surface area contributed by atoms with Crippen LogP contribution in [0, 0.1) is 0 Å². The first kappa shape index (κ1) is 12.8. The van der Waals surface area contributed by atoms with Crippen LogP contribution in [0.2, 0.25) is 0 Å². The number of thiophene rings is 1. The molecule has 8 heteroatoms. The van der Waals surface area contributed by atoms with Gasteiger partial charge in [0.25, 0.3) is 0 Å². The van der Waals surface area contributed by atoms with Gasteiger partial charge >= 0.3 is 0 Å². The lowest BCUT2D eigenvalue weighted by Crippen LogP contribution is -2.01. The smallest absolute Gasteiger partial charge is 0.222 e. The van der Waals surface area contributed by atoms with Gasteiger partial charge in [-0.05, 0) is 23.6 Å². The molecule has 0 aliphatic heterocycles. The zero-order chi connectivity index (χ0) is 14.9. The van der Waals surface area contributed by atoms with E-state index in [9.17, 15) is 0 Å². The summed E-state index contributed by atoms with van der Waals surface area (Å²) in [5.74, 6) is 0.240. The van der Waals surface area contributed by atoms with Crippen LogP contribution in [0.25, 0.3) is 21.6 Å². The third-order valence-corrected chi connectivity index (χ3v) is 3.98. The minimum Gasteiger partial charge on any atom is -0.368 e. The predicted octanol–water partition coefficient (Wildman–Crippen LogP) is 1.98. The summed E-state index contributed by atoms with van der Waals surface area (Å²) in [4.78, 5) is 13.7. The summed E-state index contributed by atoms with van der Waals surface area (Å²) in [5.41, 5.74) is 8.07. The van der Waals surface area contributed by atoms with Crippen molar-refractivity contribution in [2.75, 3.05) is 5.73 Å². The van der Waals surface area contributed by atoms with Crippen LogP contribution in [0.1, 0.15) is 5.69 Å². The zero-order valence-electron chi connectivity index (χ0n) is 11.4. The van der Waals surface area contributed by atoms with Crippen molar-refractivity contribution in [2.24, 2.45) is 0 Å². The van der Waals surface area contributed by atoms with Crippen molar-refractivity contribution in [3.8, 4) is 11.4 Å². The highest BCUT2D eigenvalue weighted by Crippen LogP contribution is 2.28. The summed E-state index contributed by atoms with van der Waals surface area (Å²) in [6.45, 7) is 0.557. The summed E-state index contributed by atoms with van der Waals surface area (Å²) < 4.78 is 1.73. The summed E-state index contributed by atoms with van der Waals surface area (Å²) in [7, 11) is 0. The Labute approximate surface area is 129 Å². The summed E-state index contributed by atoms with van der Waals surface area (Å²) in [6.07, 6.45) is 3.60.